The fourth-order valence-corrected chi connectivity index (χ4v) is 2.33. The first-order valence-electron chi connectivity index (χ1n) is 5.23. The molecule has 0 radical (unpaired) electrons. The van der Waals surface area contributed by atoms with Crippen molar-refractivity contribution < 1.29 is 4.79 Å². The Kier molecular flexibility index (Phi) is 2.28. The third-order valence-corrected chi connectivity index (χ3v) is 3.41. The Hall–Kier alpha value is -0.570. The molecule has 2 rings (SSSR count). The van der Waals surface area contributed by atoms with Crippen molar-refractivity contribution in [3.8, 4) is 0 Å². The van der Waals surface area contributed by atoms with Gasteiger partial charge < -0.3 is 5.32 Å². The van der Waals surface area contributed by atoms with Gasteiger partial charge in [0.2, 0.25) is 5.91 Å². The van der Waals surface area contributed by atoms with Gasteiger partial charge in [-0.25, -0.2) is 0 Å². The van der Waals surface area contributed by atoms with Crippen molar-refractivity contribution >= 4 is 5.91 Å². The van der Waals surface area contributed by atoms with E-state index in [0.717, 1.165) is 19.5 Å². The largest absolute Gasteiger partial charge is 0.352 e. The van der Waals surface area contributed by atoms with Gasteiger partial charge in [-0.1, -0.05) is 6.92 Å². The third kappa shape index (κ3) is 1.57. The molecule has 0 saturated carbocycles. The predicted octanol–water partition coefficient (Wildman–Crippen LogP) is 0.605. The van der Waals surface area contributed by atoms with Crippen LogP contribution in [0.25, 0.3) is 0 Å². The van der Waals surface area contributed by atoms with Gasteiger partial charge in [0.1, 0.15) is 0 Å². The van der Waals surface area contributed by atoms with Gasteiger partial charge in [0, 0.05) is 12.6 Å². The minimum Gasteiger partial charge on any atom is -0.352 e. The first kappa shape index (κ1) is 9.00. The minimum absolute atomic E-state index is 0.174. The summed E-state index contributed by atoms with van der Waals surface area (Å²) in [5.41, 5.74) is 0. The van der Waals surface area contributed by atoms with Gasteiger partial charge in [-0.05, 0) is 32.2 Å². The summed E-state index contributed by atoms with van der Waals surface area (Å²) in [6.07, 6.45) is 2.23. The highest BCUT2D eigenvalue weighted by molar-refractivity contribution is 5.82. The van der Waals surface area contributed by atoms with E-state index in [-0.39, 0.29) is 11.9 Å². The Bertz CT molecular complexity index is 217. The van der Waals surface area contributed by atoms with Crippen LogP contribution >= 0.6 is 0 Å². The summed E-state index contributed by atoms with van der Waals surface area (Å²) in [6.45, 7) is 6.50. The molecule has 0 spiro atoms. The molecule has 1 unspecified atom stereocenters. The van der Waals surface area contributed by atoms with Crippen LogP contribution in [0.15, 0.2) is 0 Å². The number of fused-ring (bicyclic) bond motifs is 1. The zero-order valence-electron chi connectivity index (χ0n) is 8.42. The van der Waals surface area contributed by atoms with Crippen molar-refractivity contribution in [3.05, 3.63) is 0 Å². The highest BCUT2D eigenvalue weighted by Crippen LogP contribution is 2.22. The Morgan fingerprint density at radius 3 is 3.00 bits per heavy atom. The average molecular weight is 182 g/mol. The molecule has 74 valence electrons. The van der Waals surface area contributed by atoms with Gasteiger partial charge in [0.15, 0.2) is 0 Å². The molecule has 1 N–H and O–H groups in total. The first-order valence-corrected chi connectivity index (χ1v) is 5.23. The van der Waals surface area contributed by atoms with E-state index in [1.807, 2.05) is 0 Å². The second-order valence-corrected chi connectivity index (χ2v) is 4.43. The van der Waals surface area contributed by atoms with E-state index in [1.54, 1.807) is 0 Å². The summed E-state index contributed by atoms with van der Waals surface area (Å²) in [4.78, 5) is 14.0. The second kappa shape index (κ2) is 3.29. The van der Waals surface area contributed by atoms with Gasteiger partial charge >= 0.3 is 0 Å². The molecule has 3 nitrogen and oxygen atoms in total. The number of hydrogen-bond donors (Lipinski definition) is 1. The Morgan fingerprint density at radius 1 is 1.46 bits per heavy atom. The van der Waals surface area contributed by atoms with Crippen molar-refractivity contribution in [1.29, 1.82) is 0 Å². The van der Waals surface area contributed by atoms with E-state index >= 15 is 0 Å². The van der Waals surface area contributed by atoms with E-state index in [2.05, 4.69) is 24.1 Å². The lowest BCUT2D eigenvalue weighted by atomic mass is 10.0. The van der Waals surface area contributed by atoms with Crippen LogP contribution in [0.4, 0.5) is 0 Å². The van der Waals surface area contributed by atoms with Crippen LogP contribution in [-0.4, -0.2) is 36.0 Å². The summed E-state index contributed by atoms with van der Waals surface area (Å²) in [5.74, 6) is 0.821. The molecule has 2 saturated heterocycles. The third-order valence-electron chi connectivity index (χ3n) is 3.41. The molecule has 0 aromatic heterocycles. The standard InChI is InChI=1S/C10H18N2O/c1-7-6-12-5-3-4-9(12)10(13)11-8(7)2/h7-9H,3-6H2,1-2H3,(H,11,13)/t7-,8-,9?/m0/s1. The summed E-state index contributed by atoms with van der Waals surface area (Å²) < 4.78 is 0. The molecule has 3 heteroatoms. The highest BCUT2D eigenvalue weighted by Gasteiger charge is 2.35. The summed E-state index contributed by atoms with van der Waals surface area (Å²) in [6, 6.07) is 0.505. The smallest absolute Gasteiger partial charge is 0.237 e. The first-order chi connectivity index (χ1) is 6.18. The summed E-state index contributed by atoms with van der Waals surface area (Å²) in [5, 5.41) is 3.08. The average Bonchev–Trinajstić information content (AvgIpc) is 2.48. The van der Waals surface area contributed by atoms with Gasteiger partial charge in [-0.2, -0.15) is 0 Å². The maximum absolute atomic E-state index is 11.7. The Morgan fingerprint density at radius 2 is 2.23 bits per heavy atom. The maximum atomic E-state index is 11.7. The number of nitrogens with one attached hydrogen (secondary N) is 1. The lowest BCUT2D eigenvalue weighted by Gasteiger charge is -2.21. The van der Waals surface area contributed by atoms with Crippen molar-refractivity contribution in [2.45, 2.75) is 38.8 Å². The lowest BCUT2D eigenvalue weighted by molar-refractivity contribution is -0.125. The van der Waals surface area contributed by atoms with Crippen LogP contribution < -0.4 is 5.32 Å². The van der Waals surface area contributed by atoms with Crippen molar-refractivity contribution in [2.24, 2.45) is 5.92 Å². The van der Waals surface area contributed by atoms with Gasteiger partial charge in [-0.3, -0.25) is 9.69 Å². The number of nitrogens with zero attached hydrogens (tertiary/aromatic N) is 1. The van der Waals surface area contributed by atoms with Crippen molar-refractivity contribution in [3.63, 3.8) is 0 Å². The van der Waals surface area contributed by atoms with Crippen LogP contribution in [0.5, 0.6) is 0 Å². The monoisotopic (exact) mass is 182 g/mol. The fourth-order valence-electron chi connectivity index (χ4n) is 2.33. The van der Waals surface area contributed by atoms with Crippen LogP contribution in [0.3, 0.4) is 0 Å². The minimum atomic E-state index is 0.174. The fraction of sp³-hybridized carbons (Fsp3) is 0.900. The highest BCUT2D eigenvalue weighted by atomic mass is 16.2. The van der Waals surface area contributed by atoms with Crippen LogP contribution in [0.2, 0.25) is 0 Å². The van der Waals surface area contributed by atoms with Crippen LogP contribution in [0, 0.1) is 5.92 Å². The van der Waals surface area contributed by atoms with E-state index in [4.69, 9.17) is 0 Å². The number of carbonyl (C=O) groups excluding carboxylic acids is 1. The maximum Gasteiger partial charge on any atom is 0.237 e. The number of carbonyl (C=O) groups is 1. The van der Waals surface area contributed by atoms with E-state index < -0.39 is 0 Å². The van der Waals surface area contributed by atoms with Crippen molar-refractivity contribution in [1.82, 2.24) is 10.2 Å². The number of amides is 1. The Balaban J connectivity index is 2.14. The molecular formula is C10H18N2O. The summed E-state index contributed by atoms with van der Waals surface area (Å²) >= 11 is 0. The van der Waals surface area contributed by atoms with Gasteiger partial charge in [0.05, 0.1) is 6.04 Å². The SMILES string of the molecule is C[C@@H]1NC(=O)C2CCCN2C[C@@H]1C. The topological polar surface area (TPSA) is 32.3 Å². The number of hydrogen-bond acceptors (Lipinski definition) is 2. The number of rotatable bonds is 0. The zero-order valence-corrected chi connectivity index (χ0v) is 8.42. The van der Waals surface area contributed by atoms with Crippen LogP contribution in [0.1, 0.15) is 26.7 Å². The molecule has 0 aromatic carbocycles. The van der Waals surface area contributed by atoms with Gasteiger partial charge in [0.25, 0.3) is 0 Å². The lowest BCUT2D eigenvalue weighted by Crippen LogP contribution is -2.41. The van der Waals surface area contributed by atoms with Crippen LogP contribution in [-0.2, 0) is 4.79 Å². The summed E-state index contributed by atoms with van der Waals surface area (Å²) in [7, 11) is 0. The molecule has 0 aromatic rings. The molecule has 2 aliphatic rings. The predicted molar refractivity (Wildman–Crippen MR) is 51.4 cm³/mol. The molecule has 0 aliphatic carbocycles. The molecule has 2 fully saturated rings. The molecule has 1 amide bonds. The van der Waals surface area contributed by atoms with E-state index in [1.165, 1.54) is 6.42 Å². The molecule has 13 heavy (non-hydrogen) atoms. The molecule has 2 aliphatic heterocycles. The quantitative estimate of drug-likeness (QED) is 0.595. The molecule has 3 atom stereocenters. The molecular weight excluding hydrogens is 164 g/mol. The molecule has 0 bridgehead atoms. The van der Waals surface area contributed by atoms with Gasteiger partial charge in [-0.15, -0.1) is 0 Å². The zero-order chi connectivity index (χ0) is 9.42. The second-order valence-electron chi connectivity index (χ2n) is 4.43. The normalized spacial score (nSPS) is 41.1. The molecule has 2 heterocycles. The Labute approximate surface area is 79.5 Å². The van der Waals surface area contributed by atoms with E-state index in [9.17, 15) is 4.79 Å². The van der Waals surface area contributed by atoms with Crippen molar-refractivity contribution in [2.75, 3.05) is 13.1 Å². The van der Waals surface area contributed by atoms with E-state index in [0.29, 0.717) is 12.0 Å².